The zero-order valence-electron chi connectivity index (χ0n) is 30.7. The van der Waals surface area contributed by atoms with Gasteiger partial charge in [-0.3, -0.25) is 14.4 Å². The van der Waals surface area contributed by atoms with Crippen LogP contribution in [0.15, 0.2) is 73.1 Å². The number of hydrogen-bond acceptors (Lipinski definition) is 7. The monoisotopic (exact) mass is 722 g/mol. The molecule has 1 atom stereocenters. The predicted molar refractivity (Wildman–Crippen MR) is 205 cm³/mol. The molecule has 1 aliphatic carbocycles. The second kappa shape index (κ2) is 16.0. The number of amides is 2. The fraction of sp³-hybridized carbons (Fsp3) is 0.452. The van der Waals surface area contributed by atoms with Crippen LogP contribution < -0.4 is 10.1 Å². The summed E-state index contributed by atoms with van der Waals surface area (Å²) in [5, 5.41) is 12.4. The van der Waals surface area contributed by atoms with Gasteiger partial charge < -0.3 is 20.1 Å². The Morgan fingerprint density at radius 1 is 0.904 bits per heavy atom. The van der Waals surface area contributed by atoms with Crippen LogP contribution in [0.25, 0.3) is 22.5 Å². The van der Waals surface area contributed by atoms with E-state index in [1.54, 1.807) is 4.90 Å². The van der Waals surface area contributed by atoms with Crippen molar-refractivity contribution in [2.45, 2.75) is 90.5 Å². The van der Waals surface area contributed by atoms with Gasteiger partial charge >= 0.3 is 5.97 Å². The van der Waals surface area contributed by atoms with Crippen molar-refractivity contribution in [3.63, 3.8) is 0 Å². The van der Waals surface area contributed by atoms with Crippen molar-refractivity contribution in [1.29, 1.82) is 0 Å². The average molecular weight is 723 g/mol. The van der Waals surface area contributed by atoms with Crippen LogP contribution >= 0.6 is 11.3 Å². The minimum absolute atomic E-state index is 0.0829. The first-order chi connectivity index (χ1) is 24.9. The Hall–Kier alpha value is -4.57. The molecule has 1 aliphatic heterocycles. The minimum atomic E-state index is -0.768. The van der Waals surface area contributed by atoms with Gasteiger partial charge in [0.1, 0.15) is 11.8 Å². The van der Waals surface area contributed by atoms with Crippen LogP contribution in [0.2, 0.25) is 0 Å². The number of nitrogens with zero attached hydrogens (tertiary/aromatic N) is 3. The number of hydrogen-bond donors (Lipinski definition) is 2. The van der Waals surface area contributed by atoms with E-state index in [0.29, 0.717) is 43.1 Å². The Labute approximate surface area is 310 Å². The molecule has 0 bridgehead atoms. The van der Waals surface area contributed by atoms with E-state index in [9.17, 15) is 19.5 Å². The Kier molecular flexibility index (Phi) is 11.4. The molecular formula is C42H50N4O5S. The summed E-state index contributed by atoms with van der Waals surface area (Å²) in [5.41, 5.74) is 3.48. The lowest BCUT2D eigenvalue weighted by Gasteiger charge is -2.58. The van der Waals surface area contributed by atoms with Crippen molar-refractivity contribution < 1.29 is 24.2 Å². The SMILES string of the molecule is CCCCCCCOc1ccc(-c2cnc(-c3ccc(CC(NC(=O)c4ccc(C(C)(C)C)s4)C(=O)N4CC5(CC(C(=O)O)C5)C4)cc3)nc2)cc1. The van der Waals surface area contributed by atoms with E-state index < -0.39 is 12.0 Å². The number of aromatic nitrogens is 2. The standard InChI is InChI=1S/C42H50N4O5S/c1-5-6-7-8-9-20-51-33-16-14-29(15-17-33)32-24-43-37(44-25-32)30-12-10-28(11-13-30)21-34(45-38(47)35-18-19-36(52-35)41(2,3)4)39(48)46-26-42(27-46)22-31(23-42)40(49)50/h10-19,24-25,31,34H,5-9,20-23,26-27H2,1-4H3,(H,45,47)(H,49,50). The highest BCUT2D eigenvalue weighted by molar-refractivity contribution is 7.14. The summed E-state index contributed by atoms with van der Waals surface area (Å²) in [6.07, 6.45) is 11.2. The zero-order valence-corrected chi connectivity index (χ0v) is 31.5. The van der Waals surface area contributed by atoms with Crippen molar-refractivity contribution in [2.24, 2.45) is 11.3 Å². The normalized spacial score (nSPS) is 15.8. The number of carboxylic acid groups (broad SMARTS) is 1. The summed E-state index contributed by atoms with van der Waals surface area (Å²) < 4.78 is 5.91. The smallest absolute Gasteiger partial charge is 0.306 e. The highest BCUT2D eigenvalue weighted by atomic mass is 32.1. The molecule has 274 valence electrons. The number of rotatable bonds is 15. The number of aliphatic carboxylic acids is 1. The molecule has 2 N–H and O–H groups in total. The molecule has 2 aliphatic rings. The second-order valence-corrected chi connectivity index (χ2v) is 16.6. The zero-order chi connectivity index (χ0) is 36.9. The molecule has 6 rings (SSSR count). The number of ether oxygens (including phenoxy) is 1. The first-order valence-corrected chi connectivity index (χ1v) is 19.3. The maximum absolute atomic E-state index is 13.8. The third-order valence-electron chi connectivity index (χ3n) is 10.3. The molecule has 2 amide bonds. The molecule has 2 aromatic carbocycles. The number of likely N-dealkylation sites (tertiary alicyclic amines) is 1. The van der Waals surface area contributed by atoms with Gasteiger partial charge in [0.2, 0.25) is 5.91 Å². The molecule has 1 unspecified atom stereocenters. The van der Waals surface area contributed by atoms with Gasteiger partial charge in [0.15, 0.2) is 5.82 Å². The highest BCUT2D eigenvalue weighted by Crippen LogP contribution is 2.52. The van der Waals surface area contributed by atoms with Crippen molar-refractivity contribution in [3.05, 3.63) is 88.4 Å². The summed E-state index contributed by atoms with van der Waals surface area (Å²) in [6, 6.07) is 18.8. The molecule has 1 saturated carbocycles. The van der Waals surface area contributed by atoms with Crippen molar-refractivity contribution >= 4 is 29.1 Å². The van der Waals surface area contributed by atoms with Crippen LogP contribution in [0.1, 0.15) is 92.8 Å². The number of carboxylic acids is 1. The van der Waals surface area contributed by atoms with Gasteiger partial charge in [0, 0.05) is 53.3 Å². The Morgan fingerprint density at radius 3 is 2.17 bits per heavy atom. The van der Waals surface area contributed by atoms with Gasteiger partial charge in [-0.2, -0.15) is 0 Å². The molecule has 3 heterocycles. The molecule has 52 heavy (non-hydrogen) atoms. The Bertz CT molecular complexity index is 1830. The summed E-state index contributed by atoms with van der Waals surface area (Å²) in [7, 11) is 0. The molecule has 1 saturated heterocycles. The molecule has 2 fully saturated rings. The lowest BCUT2D eigenvalue weighted by Crippen LogP contribution is -2.67. The summed E-state index contributed by atoms with van der Waals surface area (Å²) in [4.78, 5) is 51.3. The van der Waals surface area contributed by atoms with Crippen molar-refractivity contribution in [3.8, 4) is 28.3 Å². The second-order valence-electron chi connectivity index (χ2n) is 15.6. The molecule has 4 aromatic rings. The van der Waals surface area contributed by atoms with Gasteiger partial charge in [-0.1, -0.05) is 89.8 Å². The lowest BCUT2D eigenvalue weighted by molar-refractivity contribution is -0.168. The van der Waals surface area contributed by atoms with E-state index in [1.807, 2.05) is 73.1 Å². The van der Waals surface area contributed by atoms with E-state index in [2.05, 4.69) is 43.0 Å². The first-order valence-electron chi connectivity index (χ1n) is 18.5. The number of unbranched alkanes of at least 4 members (excludes halogenated alkanes) is 4. The fourth-order valence-corrected chi connectivity index (χ4v) is 8.11. The summed E-state index contributed by atoms with van der Waals surface area (Å²) >= 11 is 1.44. The van der Waals surface area contributed by atoms with Gasteiger partial charge in [-0.25, -0.2) is 9.97 Å². The summed E-state index contributed by atoms with van der Waals surface area (Å²) in [6.45, 7) is 10.3. The van der Waals surface area contributed by atoms with Crippen molar-refractivity contribution in [1.82, 2.24) is 20.2 Å². The Balaban J connectivity index is 1.08. The maximum atomic E-state index is 13.8. The highest BCUT2D eigenvalue weighted by Gasteiger charge is 2.56. The predicted octanol–water partition coefficient (Wildman–Crippen LogP) is 8.18. The van der Waals surface area contributed by atoms with Crippen LogP contribution in [-0.4, -0.2) is 63.5 Å². The number of carbonyl (C=O) groups excluding carboxylic acids is 2. The molecule has 9 nitrogen and oxygen atoms in total. The number of benzene rings is 2. The van der Waals surface area contributed by atoms with Crippen LogP contribution in [0.3, 0.4) is 0 Å². The van der Waals surface area contributed by atoms with E-state index in [0.717, 1.165) is 45.9 Å². The maximum Gasteiger partial charge on any atom is 0.306 e. The third-order valence-corrected chi connectivity index (χ3v) is 11.8. The summed E-state index contributed by atoms with van der Waals surface area (Å²) in [5.74, 6) is -0.0529. The number of thiophene rings is 1. The van der Waals surface area contributed by atoms with E-state index in [-0.39, 0.29) is 28.6 Å². The third kappa shape index (κ3) is 8.89. The molecule has 2 aromatic heterocycles. The topological polar surface area (TPSA) is 122 Å². The van der Waals surface area contributed by atoms with E-state index in [1.165, 1.54) is 37.0 Å². The van der Waals surface area contributed by atoms with Gasteiger partial charge in [0.05, 0.1) is 17.4 Å². The number of carbonyl (C=O) groups is 3. The quantitative estimate of drug-likeness (QED) is 0.119. The fourth-order valence-electron chi connectivity index (χ4n) is 7.14. The van der Waals surface area contributed by atoms with Crippen LogP contribution in [0, 0.1) is 11.3 Å². The molecule has 0 radical (unpaired) electrons. The van der Waals surface area contributed by atoms with Crippen LogP contribution in [0.4, 0.5) is 0 Å². The number of nitrogens with one attached hydrogen (secondary N) is 1. The molecule has 10 heteroatoms. The van der Waals surface area contributed by atoms with Crippen LogP contribution in [-0.2, 0) is 21.4 Å². The lowest BCUT2D eigenvalue weighted by atomic mass is 9.57. The van der Waals surface area contributed by atoms with Gasteiger partial charge in [-0.05, 0) is 60.1 Å². The Morgan fingerprint density at radius 2 is 1.56 bits per heavy atom. The van der Waals surface area contributed by atoms with Gasteiger partial charge in [0.25, 0.3) is 5.91 Å². The first kappa shape index (κ1) is 37.2. The van der Waals surface area contributed by atoms with Crippen molar-refractivity contribution in [2.75, 3.05) is 19.7 Å². The van der Waals surface area contributed by atoms with Gasteiger partial charge in [-0.15, -0.1) is 11.3 Å². The molecular weight excluding hydrogens is 673 g/mol. The molecule has 1 spiro atoms. The average Bonchev–Trinajstić information content (AvgIpc) is 3.61. The van der Waals surface area contributed by atoms with E-state index in [4.69, 9.17) is 4.74 Å². The largest absolute Gasteiger partial charge is 0.494 e. The minimum Gasteiger partial charge on any atom is -0.494 e. The van der Waals surface area contributed by atoms with Crippen LogP contribution in [0.5, 0.6) is 5.75 Å². The van der Waals surface area contributed by atoms with E-state index >= 15 is 0 Å².